The van der Waals surface area contributed by atoms with E-state index in [4.69, 9.17) is 27.9 Å². The van der Waals surface area contributed by atoms with Crippen LogP contribution in [0.15, 0.2) is 54.7 Å². The molecule has 1 N–H and O–H groups in total. The summed E-state index contributed by atoms with van der Waals surface area (Å²) in [7, 11) is -1.58. The molecule has 2 aromatic carbocycles. The van der Waals surface area contributed by atoms with Crippen molar-refractivity contribution in [1.82, 2.24) is 9.88 Å². The fourth-order valence-corrected chi connectivity index (χ4v) is 6.11. The zero-order valence-corrected chi connectivity index (χ0v) is 23.6. The van der Waals surface area contributed by atoms with Crippen LogP contribution in [-0.2, 0) is 37.6 Å². The number of hydrogen-bond acceptors (Lipinski definition) is 5. The van der Waals surface area contributed by atoms with E-state index in [-0.39, 0.29) is 29.8 Å². The first kappa shape index (κ1) is 27.2. The van der Waals surface area contributed by atoms with Gasteiger partial charge in [0.25, 0.3) is 5.91 Å². The van der Waals surface area contributed by atoms with Crippen molar-refractivity contribution in [3.63, 3.8) is 0 Å². The molecule has 0 spiro atoms. The minimum absolute atomic E-state index is 0.0180. The zero-order chi connectivity index (χ0) is 27.5. The molecule has 2 unspecified atom stereocenters. The monoisotopic (exact) mass is 577 g/mol. The lowest BCUT2D eigenvalue weighted by Gasteiger charge is -2.40. The summed E-state index contributed by atoms with van der Waals surface area (Å²) in [6, 6.07) is 12.8. The normalized spacial score (nSPS) is 20.9. The van der Waals surface area contributed by atoms with Gasteiger partial charge in [-0.3, -0.25) is 14.7 Å². The van der Waals surface area contributed by atoms with Gasteiger partial charge in [0.1, 0.15) is 12.4 Å². The van der Waals surface area contributed by atoms with Gasteiger partial charge in [-0.2, -0.15) is 0 Å². The highest BCUT2D eigenvalue weighted by atomic mass is 35.5. The molecule has 0 radical (unpaired) electrons. The molecular formula is C28H28Cl2FN2O4S+. The first-order valence-corrected chi connectivity index (χ1v) is 14.6. The summed E-state index contributed by atoms with van der Waals surface area (Å²) in [5.41, 5.74) is -1.70. The molecule has 3 aromatic rings. The summed E-state index contributed by atoms with van der Waals surface area (Å²) >= 11 is 12.2. The van der Waals surface area contributed by atoms with Crippen LogP contribution in [0.4, 0.5) is 4.39 Å². The van der Waals surface area contributed by atoms with E-state index in [1.54, 1.807) is 42.7 Å². The summed E-state index contributed by atoms with van der Waals surface area (Å²) in [6.07, 6.45) is 4.58. The molecule has 1 aliphatic heterocycles. The molecule has 200 valence electrons. The number of benzene rings is 2. The number of rotatable bonds is 8. The molecule has 1 aliphatic carbocycles. The van der Waals surface area contributed by atoms with Crippen molar-refractivity contribution in [3.05, 3.63) is 98.5 Å². The molecule has 2 heterocycles. The fraction of sp³-hybridized carbons (Fsp3) is 0.357. The van der Waals surface area contributed by atoms with Crippen molar-refractivity contribution < 1.29 is 23.2 Å². The number of fused-ring (bicyclic) bond motifs is 1. The Bertz CT molecular complexity index is 1420. The molecule has 1 fully saturated rings. The third-order valence-corrected chi connectivity index (χ3v) is 9.77. The number of carbonyl (C=O) groups excluding carboxylic acids is 1. The average Bonchev–Trinajstić information content (AvgIpc) is 3.62. The van der Waals surface area contributed by atoms with Crippen LogP contribution in [0.5, 0.6) is 0 Å². The molecule has 1 amide bonds. The molecule has 5 rings (SSSR count). The Morgan fingerprint density at radius 2 is 1.79 bits per heavy atom. The lowest BCUT2D eigenvalue weighted by Crippen LogP contribution is -2.48. The number of thiol groups is 1. The maximum Gasteiger partial charge on any atom is 0.257 e. The maximum absolute atomic E-state index is 16.2. The Morgan fingerprint density at radius 3 is 2.34 bits per heavy atom. The number of nitrogens with zero attached hydrogens (tertiary/aromatic N) is 2. The van der Waals surface area contributed by atoms with Crippen molar-refractivity contribution in [2.45, 2.75) is 49.3 Å². The van der Waals surface area contributed by atoms with Gasteiger partial charge in [0.15, 0.2) is 4.75 Å². The van der Waals surface area contributed by atoms with E-state index < -0.39 is 38.6 Å². The second-order valence-electron chi connectivity index (χ2n) is 10.5. The van der Waals surface area contributed by atoms with Crippen LogP contribution in [0.3, 0.4) is 0 Å². The van der Waals surface area contributed by atoms with E-state index in [2.05, 4.69) is 4.98 Å². The summed E-state index contributed by atoms with van der Waals surface area (Å²) in [6.45, 7) is 3.10. The van der Waals surface area contributed by atoms with Crippen LogP contribution >= 0.6 is 23.2 Å². The second kappa shape index (κ2) is 9.68. The number of aliphatic hydroxyl groups is 1. The van der Waals surface area contributed by atoms with Gasteiger partial charge in [0, 0.05) is 29.6 Å². The van der Waals surface area contributed by atoms with E-state index in [1.165, 1.54) is 37.1 Å². The van der Waals surface area contributed by atoms with Crippen LogP contribution in [0.2, 0.25) is 10.0 Å². The lowest BCUT2D eigenvalue weighted by molar-refractivity contribution is -0.114. The van der Waals surface area contributed by atoms with Crippen molar-refractivity contribution in [1.29, 1.82) is 0 Å². The molecule has 1 saturated carbocycles. The number of carbonyl (C=O) groups is 1. The van der Waals surface area contributed by atoms with Gasteiger partial charge in [0.2, 0.25) is 5.72 Å². The van der Waals surface area contributed by atoms with Crippen LogP contribution in [-0.4, -0.2) is 38.5 Å². The molecule has 0 saturated heterocycles. The number of halogens is 3. The highest BCUT2D eigenvalue weighted by molar-refractivity contribution is 7.86. The van der Waals surface area contributed by atoms with E-state index in [1.807, 2.05) is 0 Å². The van der Waals surface area contributed by atoms with Crippen molar-refractivity contribution in [2.24, 2.45) is 0 Å². The molecule has 2 atom stereocenters. The van der Waals surface area contributed by atoms with Gasteiger partial charge >= 0.3 is 0 Å². The van der Waals surface area contributed by atoms with E-state index >= 15 is 4.39 Å². The average molecular weight is 579 g/mol. The quantitative estimate of drug-likeness (QED) is 0.283. The summed E-state index contributed by atoms with van der Waals surface area (Å²) in [5.74, 6) is -1.18. The van der Waals surface area contributed by atoms with Gasteiger partial charge in [0.05, 0.1) is 51.0 Å². The predicted octanol–water partition coefficient (Wildman–Crippen LogP) is 5.49. The van der Waals surface area contributed by atoms with Crippen LogP contribution in [0, 0.1) is 5.82 Å². The molecule has 2 aliphatic rings. The Hall–Kier alpha value is -2.36. The van der Waals surface area contributed by atoms with Crippen molar-refractivity contribution in [3.8, 4) is 0 Å². The smallest absolute Gasteiger partial charge is 0.257 e. The number of amides is 1. The van der Waals surface area contributed by atoms with E-state index in [0.29, 0.717) is 21.3 Å². The highest BCUT2D eigenvalue weighted by Gasteiger charge is 2.59. The van der Waals surface area contributed by atoms with Gasteiger partial charge in [-0.1, -0.05) is 35.3 Å². The Labute approximate surface area is 233 Å². The molecule has 1 aromatic heterocycles. The van der Waals surface area contributed by atoms with Crippen LogP contribution < -0.4 is 0 Å². The largest absolute Gasteiger partial charge is 0.386 e. The van der Waals surface area contributed by atoms with Crippen LogP contribution in [0.25, 0.3) is 0 Å². The SMILES string of the molecule is C[SH+](=O)C1(COC2(c3ccc(Cl)cc3)c3c(F)cc(C(C)(C)O)cc3C(=O)N2Cc2ccc(Cl)cn2)CC1. The molecule has 38 heavy (non-hydrogen) atoms. The first-order valence-electron chi connectivity index (χ1n) is 12.2. The molecule has 10 heteroatoms. The second-order valence-corrected chi connectivity index (χ2v) is 13.3. The molecule has 0 bridgehead atoms. The number of pyridine rings is 1. The Morgan fingerprint density at radius 1 is 1.13 bits per heavy atom. The lowest BCUT2D eigenvalue weighted by atomic mass is 9.88. The topological polar surface area (TPSA) is 79.7 Å². The minimum atomic E-state index is -1.69. The van der Waals surface area contributed by atoms with E-state index in [9.17, 15) is 14.1 Å². The minimum Gasteiger partial charge on any atom is -0.386 e. The Kier molecular flexibility index (Phi) is 6.93. The third-order valence-electron chi connectivity index (χ3n) is 7.38. The highest BCUT2D eigenvalue weighted by Crippen LogP contribution is 2.51. The summed E-state index contributed by atoms with van der Waals surface area (Å²) in [5, 5.41) is 11.5. The van der Waals surface area contributed by atoms with Gasteiger partial charge in [-0.15, -0.1) is 4.21 Å². The maximum atomic E-state index is 16.2. The van der Waals surface area contributed by atoms with E-state index in [0.717, 1.165) is 12.8 Å². The number of ether oxygens (including phenoxy) is 1. The first-order chi connectivity index (χ1) is 17.9. The number of aromatic nitrogens is 1. The van der Waals surface area contributed by atoms with Crippen molar-refractivity contribution >= 4 is 39.9 Å². The standard InChI is InChI=1S/C28H27Cl2FN2O4S/c1-26(2,35)18-12-22-24(23(31)13-18)28(17-4-6-19(29)7-5-17,37-16-27(10-11-27)38(3)36)33(25(22)34)15-21-9-8-20(30)14-32-21/h4-9,12-14,35H,10-11,15-16H2,1-3H3/p+1. The fourth-order valence-electron chi connectivity index (χ4n) is 4.88. The predicted molar refractivity (Wildman–Crippen MR) is 146 cm³/mol. The summed E-state index contributed by atoms with van der Waals surface area (Å²) < 4.78 is 34.9. The van der Waals surface area contributed by atoms with Gasteiger partial charge < -0.3 is 9.84 Å². The summed E-state index contributed by atoms with van der Waals surface area (Å²) in [4.78, 5) is 19.9. The van der Waals surface area contributed by atoms with Gasteiger partial charge in [-0.25, -0.2) is 4.39 Å². The third kappa shape index (κ3) is 4.67. The van der Waals surface area contributed by atoms with Crippen LogP contribution in [0.1, 0.15) is 59.4 Å². The Balaban J connectivity index is 1.75. The van der Waals surface area contributed by atoms with Gasteiger partial charge in [-0.05, 0) is 55.8 Å². The molecule has 6 nitrogen and oxygen atoms in total. The zero-order valence-electron chi connectivity index (χ0n) is 21.2. The molecular weight excluding hydrogens is 550 g/mol. The van der Waals surface area contributed by atoms with Crippen molar-refractivity contribution in [2.75, 3.05) is 12.9 Å². The number of hydrogen-bond donors (Lipinski definition) is 1.